The van der Waals surface area contributed by atoms with E-state index in [0.717, 1.165) is 0 Å². The summed E-state index contributed by atoms with van der Waals surface area (Å²) < 4.78 is 4.58. The molecule has 0 aliphatic rings. The van der Waals surface area contributed by atoms with Gasteiger partial charge in [0.2, 0.25) is 0 Å². The molecule has 0 aliphatic heterocycles. The number of hydrogen-bond acceptors (Lipinski definition) is 0. The molecular formula is C24H38Cl2N2. The van der Waals surface area contributed by atoms with Gasteiger partial charge in [0.05, 0.1) is 0 Å². The van der Waals surface area contributed by atoms with Crippen LogP contribution in [0.15, 0.2) is 61.2 Å². The van der Waals surface area contributed by atoms with Gasteiger partial charge in [-0.25, -0.2) is 9.13 Å². The van der Waals surface area contributed by atoms with Crippen molar-refractivity contribution < 1.29 is 33.9 Å². The molecule has 0 unspecified atom stereocenters. The van der Waals surface area contributed by atoms with E-state index in [1.54, 1.807) is 0 Å². The molecule has 0 fully saturated rings. The first kappa shape index (κ1) is 26.9. The lowest BCUT2D eigenvalue weighted by Crippen LogP contribution is -3.00. The van der Waals surface area contributed by atoms with Crippen LogP contribution in [-0.2, 0) is 13.1 Å². The summed E-state index contributed by atoms with van der Waals surface area (Å²) in [6.07, 6.45) is 25.5. The Bertz CT molecular complexity index is 498. The predicted molar refractivity (Wildman–Crippen MR) is 109 cm³/mol. The minimum absolute atomic E-state index is 0. The van der Waals surface area contributed by atoms with E-state index in [4.69, 9.17) is 0 Å². The van der Waals surface area contributed by atoms with Crippen molar-refractivity contribution in [3.63, 3.8) is 0 Å². The second kappa shape index (κ2) is 19.2. The number of halogens is 2. The molecule has 0 radical (unpaired) electrons. The van der Waals surface area contributed by atoms with E-state index in [1.165, 1.54) is 90.1 Å². The van der Waals surface area contributed by atoms with Crippen LogP contribution < -0.4 is 33.9 Å². The lowest BCUT2D eigenvalue weighted by molar-refractivity contribution is -0.697. The second-order valence-electron chi connectivity index (χ2n) is 7.47. The monoisotopic (exact) mass is 424 g/mol. The smallest absolute Gasteiger partial charge is 0.168 e. The van der Waals surface area contributed by atoms with Gasteiger partial charge in [0.1, 0.15) is 13.1 Å². The highest BCUT2D eigenvalue weighted by molar-refractivity contribution is 4.84. The third-order valence-electron chi connectivity index (χ3n) is 5.14. The van der Waals surface area contributed by atoms with Crippen LogP contribution in [0.25, 0.3) is 0 Å². The van der Waals surface area contributed by atoms with Crippen molar-refractivity contribution >= 4 is 0 Å². The number of nitrogens with zero attached hydrogens (tertiary/aromatic N) is 2. The van der Waals surface area contributed by atoms with Crippen LogP contribution in [0.5, 0.6) is 0 Å². The number of hydrogen-bond donors (Lipinski definition) is 0. The molecule has 4 heteroatoms. The largest absolute Gasteiger partial charge is 1.00 e. The van der Waals surface area contributed by atoms with Crippen molar-refractivity contribution in [2.24, 2.45) is 0 Å². The summed E-state index contributed by atoms with van der Waals surface area (Å²) in [5.41, 5.74) is 0. The maximum Gasteiger partial charge on any atom is 0.168 e. The van der Waals surface area contributed by atoms with E-state index in [2.05, 4.69) is 70.3 Å². The van der Waals surface area contributed by atoms with Crippen molar-refractivity contribution in [2.75, 3.05) is 0 Å². The van der Waals surface area contributed by atoms with Gasteiger partial charge in [-0.05, 0) is 12.8 Å². The molecule has 158 valence electrons. The zero-order valence-electron chi connectivity index (χ0n) is 17.3. The molecule has 28 heavy (non-hydrogen) atoms. The number of aryl methyl sites for hydroxylation is 2. The molecule has 0 amide bonds. The zero-order valence-corrected chi connectivity index (χ0v) is 18.8. The minimum atomic E-state index is 0. The Morgan fingerprint density at radius 2 is 0.571 bits per heavy atom. The number of aromatic nitrogens is 2. The molecule has 0 aliphatic carbocycles. The fourth-order valence-electron chi connectivity index (χ4n) is 3.52. The SMILES string of the molecule is [Cl-].[Cl-].c1cc[n+](CCCCCCCCCCCCCC[n+]2ccccc2)cc1. The summed E-state index contributed by atoms with van der Waals surface area (Å²) in [5.74, 6) is 0. The Morgan fingerprint density at radius 1 is 0.321 bits per heavy atom. The summed E-state index contributed by atoms with van der Waals surface area (Å²) in [5, 5.41) is 0. The van der Waals surface area contributed by atoms with Crippen LogP contribution in [0, 0.1) is 0 Å². The van der Waals surface area contributed by atoms with Gasteiger partial charge in [0.15, 0.2) is 24.8 Å². The quantitative estimate of drug-likeness (QED) is 0.272. The van der Waals surface area contributed by atoms with Gasteiger partial charge in [-0.1, -0.05) is 63.5 Å². The molecular weight excluding hydrogens is 387 g/mol. The molecule has 0 spiro atoms. The molecule has 0 saturated carbocycles. The lowest BCUT2D eigenvalue weighted by atomic mass is 10.1. The fraction of sp³-hybridized carbons (Fsp3) is 0.583. The first-order valence-electron chi connectivity index (χ1n) is 10.8. The summed E-state index contributed by atoms with van der Waals surface area (Å²) in [6, 6.07) is 12.6. The normalized spacial score (nSPS) is 10.1. The molecule has 2 nitrogen and oxygen atoms in total. The van der Waals surface area contributed by atoms with Crippen LogP contribution in [0.2, 0.25) is 0 Å². The van der Waals surface area contributed by atoms with Crippen LogP contribution in [-0.4, -0.2) is 0 Å². The maximum atomic E-state index is 2.29. The molecule has 0 atom stereocenters. The van der Waals surface area contributed by atoms with Crippen molar-refractivity contribution in [1.82, 2.24) is 0 Å². The van der Waals surface area contributed by atoms with Crippen LogP contribution in [0.3, 0.4) is 0 Å². The van der Waals surface area contributed by atoms with Gasteiger partial charge in [0, 0.05) is 37.1 Å². The van der Waals surface area contributed by atoms with Gasteiger partial charge < -0.3 is 24.8 Å². The number of rotatable bonds is 15. The number of pyridine rings is 2. The van der Waals surface area contributed by atoms with E-state index >= 15 is 0 Å². The minimum Gasteiger partial charge on any atom is -1.00 e. The molecule has 2 rings (SSSR count). The molecule has 2 aromatic rings. The summed E-state index contributed by atoms with van der Waals surface area (Å²) >= 11 is 0. The molecule has 0 bridgehead atoms. The third kappa shape index (κ3) is 14.0. The summed E-state index contributed by atoms with van der Waals surface area (Å²) in [6.45, 7) is 2.34. The second-order valence-corrected chi connectivity index (χ2v) is 7.47. The fourth-order valence-corrected chi connectivity index (χ4v) is 3.52. The van der Waals surface area contributed by atoms with Crippen LogP contribution >= 0.6 is 0 Å². The van der Waals surface area contributed by atoms with Gasteiger partial charge in [-0.2, -0.15) is 0 Å². The Labute approximate surface area is 185 Å². The van der Waals surface area contributed by atoms with E-state index in [0.29, 0.717) is 0 Å². The topological polar surface area (TPSA) is 7.76 Å². The first-order valence-corrected chi connectivity index (χ1v) is 10.8. The van der Waals surface area contributed by atoms with E-state index < -0.39 is 0 Å². The maximum absolute atomic E-state index is 2.29. The molecule has 2 aromatic heterocycles. The lowest BCUT2D eigenvalue weighted by Gasteiger charge is -2.02. The molecule has 2 heterocycles. The Hall–Kier alpha value is -1.12. The predicted octanol–water partition coefficient (Wildman–Crippen LogP) is -0.349. The van der Waals surface area contributed by atoms with E-state index in [9.17, 15) is 0 Å². The zero-order chi connectivity index (χ0) is 18.1. The first-order chi connectivity index (χ1) is 12.9. The highest BCUT2D eigenvalue weighted by Crippen LogP contribution is 2.12. The summed E-state index contributed by atoms with van der Waals surface area (Å²) in [4.78, 5) is 0. The Morgan fingerprint density at radius 3 is 0.857 bits per heavy atom. The van der Waals surface area contributed by atoms with Gasteiger partial charge in [-0.3, -0.25) is 0 Å². The third-order valence-corrected chi connectivity index (χ3v) is 5.14. The average molecular weight is 425 g/mol. The highest BCUT2D eigenvalue weighted by Gasteiger charge is 1.99. The van der Waals surface area contributed by atoms with E-state index in [-0.39, 0.29) is 24.8 Å². The highest BCUT2D eigenvalue weighted by atomic mass is 35.5. The Balaban J connectivity index is 0.00000364. The number of unbranched alkanes of at least 4 members (excludes halogenated alkanes) is 11. The Kier molecular flexibility index (Phi) is 18.4. The average Bonchev–Trinajstić information content (AvgIpc) is 2.70. The standard InChI is InChI=1S/C24H38N2.2ClH/c1(3-5-7-9-13-19-25-21-15-11-16-22-25)2-4-6-8-10-14-20-26-23-17-12-18-24-26;;/h11-12,15-18,21-24H,1-10,13-14,19-20H2;2*1H/q+2;;/p-2. The molecule has 0 aromatic carbocycles. The van der Waals surface area contributed by atoms with Crippen molar-refractivity contribution in [3.05, 3.63) is 61.2 Å². The van der Waals surface area contributed by atoms with Crippen LogP contribution in [0.1, 0.15) is 77.0 Å². The molecule has 0 N–H and O–H groups in total. The van der Waals surface area contributed by atoms with Gasteiger partial charge in [-0.15, -0.1) is 0 Å². The van der Waals surface area contributed by atoms with Crippen molar-refractivity contribution in [1.29, 1.82) is 0 Å². The van der Waals surface area contributed by atoms with Gasteiger partial charge in [0.25, 0.3) is 0 Å². The van der Waals surface area contributed by atoms with E-state index in [1.807, 2.05) is 0 Å². The van der Waals surface area contributed by atoms with Gasteiger partial charge >= 0.3 is 0 Å². The summed E-state index contributed by atoms with van der Waals surface area (Å²) in [7, 11) is 0. The molecule has 0 saturated heterocycles. The van der Waals surface area contributed by atoms with Crippen molar-refractivity contribution in [3.8, 4) is 0 Å². The van der Waals surface area contributed by atoms with Crippen LogP contribution in [0.4, 0.5) is 0 Å². The van der Waals surface area contributed by atoms with Crippen molar-refractivity contribution in [2.45, 2.75) is 90.1 Å².